The number of aromatic nitrogens is 4. The fourth-order valence-electron chi connectivity index (χ4n) is 2.42. The molecule has 0 bridgehead atoms. The number of hydrogen-bond donors (Lipinski definition) is 2. The predicted molar refractivity (Wildman–Crippen MR) is 108 cm³/mol. The lowest BCUT2D eigenvalue weighted by Gasteiger charge is -2.12. The molecule has 1 amide bonds. The van der Waals surface area contributed by atoms with Crippen LogP contribution in [0.1, 0.15) is 24.2 Å². The molecular formula is C19H19N5O4S. The van der Waals surface area contributed by atoms with Crippen molar-refractivity contribution >= 4 is 29.3 Å². The summed E-state index contributed by atoms with van der Waals surface area (Å²) in [6.45, 7) is 4.23. The van der Waals surface area contributed by atoms with Gasteiger partial charge >= 0.3 is 5.97 Å². The minimum Gasteiger partial charge on any atom is -0.494 e. The maximum atomic E-state index is 12.5. The van der Waals surface area contributed by atoms with Gasteiger partial charge in [0.05, 0.1) is 23.1 Å². The van der Waals surface area contributed by atoms with Crippen LogP contribution in [-0.2, 0) is 4.79 Å². The van der Waals surface area contributed by atoms with Gasteiger partial charge in [0, 0.05) is 5.69 Å². The number of nitrogens with zero attached hydrogens (tertiary/aromatic N) is 4. The van der Waals surface area contributed by atoms with E-state index in [1.165, 1.54) is 23.9 Å². The molecule has 2 aromatic carbocycles. The molecule has 9 nitrogen and oxygen atoms in total. The quantitative estimate of drug-likeness (QED) is 0.541. The molecule has 0 spiro atoms. The van der Waals surface area contributed by atoms with Crippen LogP contribution in [0.5, 0.6) is 5.75 Å². The van der Waals surface area contributed by atoms with E-state index in [0.29, 0.717) is 17.5 Å². The molecule has 0 aliphatic rings. The summed E-state index contributed by atoms with van der Waals surface area (Å²) in [6.07, 6.45) is 0. The summed E-state index contributed by atoms with van der Waals surface area (Å²) < 4.78 is 6.98. The summed E-state index contributed by atoms with van der Waals surface area (Å²) in [5, 5.41) is 23.4. The van der Waals surface area contributed by atoms with Crippen LogP contribution in [0.25, 0.3) is 5.69 Å². The van der Waals surface area contributed by atoms with Gasteiger partial charge in [-0.3, -0.25) is 4.79 Å². The Morgan fingerprint density at radius 3 is 2.48 bits per heavy atom. The number of aromatic carboxylic acids is 1. The Hall–Kier alpha value is -3.40. The van der Waals surface area contributed by atoms with E-state index in [-0.39, 0.29) is 11.5 Å². The number of benzene rings is 2. The summed E-state index contributed by atoms with van der Waals surface area (Å²) in [6, 6.07) is 13.3. The number of carboxylic acid groups (broad SMARTS) is 1. The SMILES string of the molecule is CCOc1ccc(-n2nnnc2SC(C)C(=O)Nc2ccc(C(=O)O)cc2)cc1. The monoisotopic (exact) mass is 413 g/mol. The average molecular weight is 413 g/mol. The third kappa shape index (κ3) is 5.11. The molecule has 1 heterocycles. The topological polar surface area (TPSA) is 119 Å². The number of anilines is 1. The number of rotatable bonds is 8. The molecule has 29 heavy (non-hydrogen) atoms. The molecular weight excluding hydrogens is 394 g/mol. The number of tetrazole rings is 1. The molecule has 2 N–H and O–H groups in total. The van der Waals surface area contributed by atoms with Crippen LogP contribution in [-0.4, -0.2) is 49.0 Å². The lowest BCUT2D eigenvalue weighted by Crippen LogP contribution is -2.23. The van der Waals surface area contributed by atoms with Crippen molar-refractivity contribution in [1.29, 1.82) is 0 Å². The van der Waals surface area contributed by atoms with E-state index in [4.69, 9.17) is 9.84 Å². The van der Waals surface area contributed by atoms with Crippen molar-refractivity contribution in [3.8, 4) is 11.4 Å². The normalized spacial score (nSPS) is 11.7. The third-order valence-corrected chi connectivity index (χ3v) is 4.92. The van der Waals surface area contributed by atoms with Crippen molar-refractivity contribution in [3.63, 3.8) is 0 Å². The Balaban J connectivity index is 1.66. The number of carbonyl (C=O) groups is 2. The van der Waals surface area contributed by atoms with E-state index in [2.05, 4.69) is 20.8 Å². The van der Waals surface area contributed by atoms with Crippen LogP contribution in [0.4, 0.5) is 5.69 Å². The number of hydrogen-bond acceptors (Lipinski definition) is 7. The van der Waals surface area contributed by atoms with Gasteiger partial charge in [0.25, 0.3) is 0 Å². The Morgan fingerprint density at radius 2 is 1.86 bits per heavy atom. The average Bonchev–Trinajstić information content (AvgIpc) is 3.17. The van der Waals surface area contributed by atoms with Crippen LogP contribution in [0.15, 0.2) is 53.7 Å². The molecule has 3 aromatic rings. The van der Waals surface area contributed by atoms with Crippen LogP contribution >= 0.6 is 11.8 Å². The van der Waals surface area contributed by atoms with Gasteiger partial charge in [-0.05, 0) is 72.8 Å². The van der Waals surface area contributed by atoms with Crippen LogP contribution in [0, 0.1) is 0 Å². The first kappa shape index (κ1) is 20.3. The second-order valence-corrected chi connectivity index (χ2v) is 7.24. The summed E-state index contributed by atoms with van der Waals surface area (Å²) in [5.74, 6) is -0.521. The van der Waals surface area contributed by atoms with Crippen molar-refractivity contribution in [2.45, 2.75) is 24.3 Å². The van der Waals surface area contributed by atoms with E-state index in [1.807, 2.05) is 31.2 Å². The molecule has 150 valence electrons. The first-order valence-corrected chi connectivity index (χ1v) is 9.68. The highest BCUT2D eigenvalue weighted by Crippen LogP contribution is 2.25. The number of carbonyl (C=O) groups excluding carboxylic acids is 1. The van der Waals surface area contributed by atoms with Crippen molar-refractivity contribution in [3.05, 3.63) is 54.1 Å². The Bertz CT molecular complexity index is 989. The highest BCUT2D eigenvalue weighted by Gasteiger charge is 2.19. The number of ether oxygens (including phenoxy) is 1. The van der Waals surface area contributed by atoms with Gasteiger partial charge < -0.3 is 15.2 Å². The van der Waals surface area contributed by atoms with Crippen LogP contribution in [0.3, 0.4) is 0 Å². The first-order valence-electron chi connectivity index (χ1n) is 8.80. The molecule has 3 rings (SSSR count). The summed E-state index contributed by atoms with van der Waals surface area (Å²) in [4.78, 5) is 23.4. The predicted octanol–water partition coefficient (Wildman–Crippen LogP) is 2.88. The van der Waals surface area contributed by atoms with E-state index >= 15 is 0 Å². The zero-order chi connectivity index (χ0) is 20.8. The maximum absolute atomic E-state index is 12.5. The van der Waals surface area contributed by atoms with Gasteiger partial charge in [-0.15, -0.1) is 5.10 Å². The molecule has 1 unspecified atom stereocenters. The highest BCUT2D eigenvalue weighted by molar-refractivity contribution is 8.00. The lowest BCUT2D eigenvalue weighted by atomic mass is 10.2. The minimum atomic E-state index is -1.02. The second kappa shape index (κ2) is 9.20. The van der Waals surface area contributed by atoms with Crippen LogP contribution in [0.2, 0.25) is 0 Å². The van der Waals surface area contributed by atoms with Gasteiger partial charge in [0.2, 0.25) is 11.1 Å². The van der Waals surface area contributed by atoms with Gasteiger partial charge in [-0.1, -0.05) is 11.8 Å². The zero-order valence-electron chi connectivity index (χ0n) is 15.8. The van der Waals surface area contributed by atoms with E-state index < -0.39 is 11.2 Å². The van der Waals surface area contributed by atoms with E-state index in [9.17, 15) is 9.59 Å². The van der Waals surface area contributed by atoms with Gasteiger partial charge in [-0.2, -0.15) is 4.68 Å². The fraction of sp³-hybridized carbons (Fsp3) is 0.211. The molecule has 10 heteroatoms. The second-order valence-electron chi connectivity index (χ2n) is 5.93. The smallest absolute Gasteiger partial charge is 0.335 e. The summed E-state index contributed by atoms with van der Waals surface area (Å²) >= 11 is 1.21. The van der Waals surface area contributed by atoms with E-state index in [1.54, 1.807) is 23.7 Å². The lowest BCUT2D eigenvalue weighted by molar-refractivity contribution is -0.115. The van der Waals surface area contributed by atoms with E-state index in [0.717, 1.165) is 11.4 Å². The number of carboxylic acids is 1. The standard InChI is InChI=1S/C19H19N5O4S/c1-3-28-16-10-8-15(9-11-16)24-19(21-22-23-24)29-12(2)17(25)20-14-6-4-13(5-7-14)18(26)27/h4-12H,3H2,1-2H3,(H,20,25)(H,26,27). The van der Waals surface area contributed by atoms with Crippen molar-refractivity contribution in [2.24, 2.45) is 0 Å². The Labute approximate surface area is 171 Å². The molecule has 0 fully saturated rings. The molecule has 0 aliphatic carbocycles. The zero-order valence-corrected chi connectivity index (χ0v) is 16.6. The summed E-state index contributed by atoms with van der Waals surface area (Å²) in [7, 11) is 0. The fourth-order valence-corrected chi connectivity index (χ4v) is 3.22. The highest BCUT2D eigenvalue weighted by atomic mass is 32.2. The Kier molecular flexibility index (Phi) is 6.45. The Morgan fingerprint density at radius 1 is 1.17 bits per heavy atom. The van der Waals surface area contributed by atoms with Crippen molar-refractivity contribution in [1.82, 2.24) is 20.2 Å². The largest absolute Gasteiger partial charge is 0.494 e. The third-order valence-electron chi connectivity index (χ3n) is 3.88. The van der Waals surface area contributed by atoms with Crippen molar-refractivity contribution < 1.29 is 19.4 Å². The molecule has 0 aliphatic heterocycles. The van der Waals surface area contributed by atoms with Gasteiger partial charge in [0.1, 0.15) is 5.75 Å². The number of nitrogens with one attached hydrogen (secondary N) is 1. The van der Waals surface area contributed by atoms with Crippen LogP contribution < -0.4 is 10.1 Å². The maximum Gasteiger partial charge on any atom is 0.335 e. The minimum absolute atomic E-state index is 0.153. The van der Waals surface area contributed by atoms with Gasteiger partial charge in [-0.25, -0.2) is 4.79 Å². The summed E-state index contributed by atoms with van der Waals surface area (Å²) in [5.41, 5.74) is 1.41. The molecule has 1 aromatic heterocycles. The number of thioether (sulfide) groups is 1. The molecule has 1 atom stereocenters. The first-order chi connectivity index (χ1) is 14.0. The molecule has 0 radical (unpaired) electrons. The van der Waals surface area contributed by atoms with Gasteiger partial charge in [0.15, 0.2) is 0 Å². The molecule has 0 saturated heterocycles. The molecule has 0 saturated carbocycles. The van der Waals surface area contributed by atoms with Crippen molar-refractivity contribution in [2.75, 3.05) is 11.9 Å². The number of amides is 1.